The fourth-order valence-corrected chi connectivity index (χ4v) is 3.61. The van der Waals surface area contributed by atoms with Crippen molar-refractivity contribution in [2.45, 2.75) is 58.5 Å². The second kappa shape index (κ2) is 11.7. The quantitative estimate of drug-likeness (QED) is 0.312. The van der Waals surface area contributed by atoms with Gasteiger partial charge in [-0.2, -0.15) is 0 Å². The van der Waals surface area contributed by atoms with E-state index in [0.29, 0.717) is 11.2 Å². The predicted octanol–water partition coefficient (Wildman–Crippen LogP) is 7.66. The van der Waals surface area contributed by atoms with Gasteiger partial charge in [0.15, 0.2) is 11.6 Å². The van der Waals surface area contributed by atoms with Crippen LogP contribution in [0.4, 0.5) is 8.78 Å². The van der Waals surface area contributed by atoms with Crippen molar-refractivity contribution in [3.8, 4) is 17.0 Å². The zero-order chi connectivity index (χ0) is 22.9. The first-order chi connectivity index (χ1) is 15.5. The molecule has 0 aliphatic heterocycles. The summed E-state index contributed by atoms with van der Waals surface area (Å²) < 4.78 is 35.2. The van der Waals surface area contributed by atoms with Gasteiger partial charge in [-0.05, 0) is 62.9 Å². The normalized spacial score (nSPS) is 12.6. The largest absolute Gasteiger partial charge is 0.508 e. The summed E-state index contributed by atoms with van der Waals surface area (Å²) in [6.45, 7) is 5.05. The highest BCUT2D eigenvalue weighted by atomic mass is 19.2. The Labute approximate surface area is 188 Å². The molecule has 0 fully saturated rings. The van der Waals surface area contributed by atoms with Gasteiger partial charge in [0.05, 0.1) is 17.3 Å². The summed E-state index contributed by atoms with van der Waals surface area (Å²) in [5, 5.41) is 10.3. The molecule has 0 saturated heterocycles. The maximum atomic E-state index is 14.8. The molecule has 3 nitrogen and oxygen atoms in total. The number of hydrogen-bond donors (Lipinski definition) is 1. The summed E-state index contributed by atoms with van der Waals surface area (Å²) in [6, 6.07) is 11.2. The van der Waals surface area contributed by atoms with Crippen LogP contribution in [0.1, 0.15) is 57.9 Å². The third-order valence-corrected chi connectivity index (χ3v) is 5.49. The lowest BCUT2D eigenvalue weighted by Gasteiger charge is -2.12. The lowest BCUT2D eigenvalue weighted by atomic mass is 10.0. The standard InChI is InChI=1S/C27H31F2NO2/c1-3-4-8-17-32-19(2)9-6-5-7-10-20-11-14-23(27(29)26(20)28)25-15-12-21-18-22(31)13-16-24(21)30-25/h7,10-16,18-19,31H,3-6,8-9,17H2,1-2H3/b10-7+. The first kappa shape index (κ1) is 23.9. The number of ether oxygens (including phenoxy) is 1. The van der Waals surface area contributed by atoms with E-state index in [4.69, 9.17) is 4.74 Å². The lowest BCUT2D eigenvalue weighted by molar-refractivity contribution is 0.0566. The van der Waals surface area contributed by atoms with Gasteiger partial charge in [0.2, 0.25) is 0 Å². The number of phenols is 1. The molecule has 5 heteroatoms. The van der Waals surface area contributed by atoms with Crippen LogP contribution in [0.15, 0.2) is 48.5 Å². The van der Waals surface area contributed by atoms with Crippen molar-refractivity contribution in [2.75, 3.05) is 6.61 Å². The van der Waals surface area contributed by atoms with Crippen molar-refractivity contribution in [1.82, 2.24) is 4.98 Å². The number of fused-ring (bicyclic) bond motifs is 1. The molecule has 3 aromatic rings. The van der Waals surface area contributed by atoms with E-state index in [2.05, 4.69) is 18.8 Å². The minimum absolute atomic E-state index is 0.115. The topological polar surface area (TPSA) is 42.4 Å². The summed E-state index contributed by atoms with van der Waals surface area (Å²) in [4.78, 5) is 4.40. The van der Waals surface area contributed by atoms with E-state index in [0.717, 1.165) is 37.7 Å². The van der Waals surface area contributed by atoms with Crippen molar-refractivity contribution in [1.29, 1.82) is 0 Å². The Balaban J connectivity index is 1.59. The van der Waals surface area contributed by atoms with E-state index in [9.17, 15) is 13.9 Å². The molecule has 0 aliphatic carbocycles. The van der Waals surface area contributed by atoms with Crippen molar-refractivity contribution < 1.29 is 18.6 Å². The predicted molar refractivity (Wildman–Crippen MR) is 127 cm³/mol. The van der Waals surface area contributed by atoms with Crippen LogP contribution in [-0.2, 0) is 4.74 Å². The van der Waals surface area contributed by atoms with E-state index in [1.54, 1.807) is 42.5 Å². The number of allylic oxidation sites excluding steroid dienone is 1. The fourth-order valence-electron chi connectivity index (χ4n) is 3.61. The van der Waals surface area contributed by atoms with Crippen molar-refractivity contribution in [3.05, 3.63) is 65.7 Å². The number of pyridine rings is 1. The average molecular weight is 440 g/mol. The Morgan fingerprint density at radius 2 is 1.88 bits per heavy atom. The molecule has 1 aromatic heterocycles. The summed E-state index contributed by atoms with van der Waals surface area (Å²) >= 11 is 0. The van der Waals surface area contributed by atoms with E-state index < -0.39 is 11.6 Å². The third kappa shape index (κ3) is 6.36. The van der Waals surface area contributed by atoms with Gasteiger partial charge in [-0.15, -0.1) is 0 Å². The molecule has 32 heavy (non-hydrogen) atoms. The lowest BCUT2D eigenvalue weighted by Crippen LogP contribution is -2.08. The molecule has 1 atom stereocenters. The number of benzene rings is 2. The van der Waals surface area contributed by atoms with E-state index in [-0.39, 0.29) is 23.0 Å². The second-order valence-electron chi connectivity index (χ2n) is 8.13. The van der Waals surface area contributed by atoms with Crippen LogP contribution in [0.5, 0.6) is 5.75 Å². The Morgan fingerprint density at radius 3 is 2.69 bits per heavy atom. The first-order valence-electron chi connectivity index (χ1n) is 11.4. The molecule has 2 aromatic carbocycles. The number of unbranched alkanes of at least 4 members (excludes halogenated alkanes) is 3. The number of phenolic OH excluding ortho intramolecular Hbond substituents is 1. The molecular weight excluding hydrogens is 408 g/mol. The minimum atomic E-state index is -0.910. The van der Waals surface area contributed by atoms with Gasteiger partial charge in [-0.25, -0.2) is 13.8 Å². The zero-order valence-electron chi connectivity index (χ0n) is 18.8. The highest BCUT2D eigenvalue weighted by Crippen LogP contribution is 2.28. The van der Waals surface area contributed by atoms with Crippen LogP contribution in [0, 0.1) is 11.6 Å². The SMILES string of the molecule is CCCCCOC(C)CCC/C=C/c1ccc(-c2ccc3cc(O)ccc3n2)c(F)c1F. The summed E-state index contributed by atoms with van der Waals surface area (Å²) in [5.41, 5.74) is 1.29. The Hall–Kier alpha value is -2.79. The van der Waals surface area contributed by atoms with Gasteiger partial charge in [0.25, 0.3) is 0 Å². The molecule has 3 rings (SSSR count). The van der Waals surface area contributed by atoms with Gasteiger partial charge < -0.3 is 9.84 Å². The first-order valence-corrected chi connectivity index (χ1v) is 11.4. The van der Waals surface area contributed by atoms with Crippen LogP contribution in [0.25, 0.3) is 28.2 Å². The highest BCUT2D eigenvalue weighted by molar-refractivity contribution is 5.83. The van der Waals surface area contributed by atoms with E-state index in [1.807, 2.05) is 6.08 Å². The van der Waals surface area contributed by atoms with Gasteiger partial charge >= 0.3 is 0 Å². The van der Waals surface area contributed by atoms with Crippen LogP contribution < -0.4 is 0 Å². The van der Waals surface area contributed by atoms with Gasteiger partial charge in [-0.3, -0.25) is 0 Å². The molecular formula is C27H31F2NO2. The van der Waals surface area contributed by atoms with Gasteiger partial charge in [-0.1, -0.05) is 44.1 Å². The number of aromatic nitrogens is 1. The van der Waals surface area contributed by atoms with Crippen LogP contribution in [0.2, 0.25) is 0 Å². The maximum Gasteiger partial charge on any atom is 0.168 e. The molecule has 1 N–H and O–H groups in total. The maximum absolute atomic E-state index is 14.8. The molecule has 0 amide bonds. The summed E-state index contributed by atoms with van der Waals surface area (Å²) in [7, 11) is 0. The van der Waals surface area contributed by atoms with Gasteiger partial charge in [0.1, 0.15) is 5.75 Å². The molecule has 1 unspecified atom stereocenters. The number of hydrogen-bond acceptors (Lipinski definition) is 3. The number of halogens is 2. The molecule has 0 aliphatic rings. The van der Waals surface area contributed by atoms with Crippen molar-refractivity contribution >= 4 is 17.0 Å². The average Bonchev–Trinajstić information content (AvgIpc) is 2.79. The van der Waals surface area contributed by atoms with Crippen molar-refractivity contribution in [3.63, 3.8) is 0 Å². The molecule has 170 valence electrons. The van der Waals surface area contributed by atoms with Crippen molar-refractivity contribution in [2.24, 2.45) is 0 Å². The monoisotopic (exact) mass is 439 g/mol. The van der Waals surface area contributed by atoms with Crippen LogP contribution in [0.3, 0.4) is 0 Å². The van der Waals surface area contributed by atoms with E-state index in [1.165, 1.54) is 18.9 Å². The number of aromatic hydroxyl groups is 1. The van der Waals surface area contributed by atoms with E-state index >= 15 is 0 Å². The summed E-state index contributed by atoms with van der Waals surface area (Å²) in [5.74, 6) is -1.65. The Morgan fingerprint density at radius 1 is 1.03 bits per heavy atom. The molecule has 0 radical (unpaired) electrons. The number of nitrogens with zero attached hydrogens (tertiary/aromatic N) is 1. The fraction of sp³-hybridized carbons (Fsp3) is 0.370. The zero-order valence-corrected chi connectivity index (χ0v) is 18.8. The Bertz CT molecular complexity index is 1060. The smallest absolute Gasteiger partial charge is 0.168 e. The molecule has 1 heterocycles. The molecule has 0 saturated carbocycles. The molecule has 0 spiro atoms. The van der Waals surface area contributed by atoms with Crippen LogP contribution >= 0.6 is 0 Å². The van der Waals surface area contributed by atoms with Gasteiger partial charge in [0, 0.05) is 23.1 Å². The highest BCUT2D eigenvalue weighted by Gasteiger charge is 2.15. The third-order valence-electron chi connectivity index (χ3n) is 5.49. The Kier molecular flexibility index (Phi) is 8.74. The second-order valence-corrected chi connectivity index (χ2v) is 8.13. The summed E-state index contributed by atoms with van der Waals surface area (Å²) in [6.07, 6.45) is 9.86. The number of rotatable bonds is 11. The minimum Gasteiger partial charge on any atom is -0.508 e. The molecule has 0 bridgehead atoms. The van der Waals surface area contributed by atoms with Crippen LogP contribution in [-0.4, -0.2) is 22.8 Å².